The summed E-state index contributed by atoms with van der Waals surface area (Å²) < 4.78 is 16.4. The van der Waals surface area contributed by atoms with Gasteiger partial charge in [0.25, 0.3) is 5.91 Å². The summed E-state index contributed by atoms with van der Waals surface area (Å²) in [6.45, 7) is 6.30. The second-order valence-corrected chi connectivity index (χ2v) is 7.79. The number of anilines is 1. The Morgan fingerprint density at radius 1 is 1.17 bits per heavy atom. The van der Waals surface area contributed by atoms with Crippen LogP contribution in [0.5, 0.6) is 11.5 Å². The number of para-hydroxylation sites is 1. The van der Waals surface area contributed by atoms with E-state index < -0.39 is 5.91 Å². The average Bonchev–Trinajstić information content (AvgIpc) is 3.10. The van der Waals surface area contributed by atoms with Crippen molar-refractivity contribution in [3.8, 4) is 11.5 Å². The molecule has 2 aromatic rings. The van der Waals surface area contributed by atoms with Crippen LogP contribution in [0.2, 0.25) is 0 Å². The summed E-state index contributed by atoms with van der Waals surface area (Å²) in [7, 11) is 1.60. The Bertz CT molecular complexity index is 883. The maximum atomic E-state index is 11.0. The Balaban J connectivity index is 1.48. The van der Waals surface area contributed by atoms with E-state index in [1.807, 2.05) is 18.2 Å². The van der Waals surface area contributed by atoms with Crippen LogP contribution in [0, 0.1) is 0 Å². The molecule has 1 unspecified atom stereocenters. The van der Waals surface area contributed by atoms with Crippen molar-refractivity contribution in [1.29, 1.82) is 0 Å². The third-order valence-corrected chi connectivity index (χ3v) is 5.71. The molecular weight excluding hydrogens is 382 g/mol. The minimum Gasteiger partial charge on any atom is -0.493 e. The molecule has 0 aromatic heterocycles. The third kappa shape index (κ3) is 4.68. The van der Waals surface area contributed by atoms with Gasteiger partial charge in [-0.15, -0.1) is 0 Å². The van der Waals surface area contributed by atoms with Gasteiger partial charge in [-0.2, -0.15) is 0 Å². The molecule has 1 fully saturated rings. The van der Waals surface area contributed by atoms with Gasteiger partial charge in [0.1, 0.15) is 0 Å². The predicted octanol–water partition coefficient (Wildman–Crippen LogP) is 2.00. The van der Waals surface area contributed by atoms with Crippen LogP contribution in [0.1, 0.15) is 17.0 Å². The number of carbonyl (C=O) groups is 1. The number of nitrogens with two attached hydrogens (primary N) is 1. The third-order valence-electron chi connectivity index (χ3n) is 5.71. The normalized spacial score (nSPS) is 18.8. The molecular formula is C23H29N3O4. The van der Waals surface area contributed by atoms with Crippen molar-refractivity contribution < 1.29 is 19.0 Å². The lowest BCUT2D eigenvalue weighted by molar-refractivity contribution is -0.119. The molecule has 0 spiro atoms. The molecule has 7 nitrogen and oxygen atoms in total. The minimum atomic E-state index is -0.513. The monoisotopic (exact) mass is 411 g/mol. The first-order valence-corrected chi connectivity index (χ1v) is 10.4. The zero-order valence-corrected chi connectivity index (χ0v) is 17.4. The van der Waals surface area contributed by atoms with Crippen molar-refractivity contribution in [3.05, 3.63) is 53.6 Å². The van der Waals surface area contributed by atoms with Crippen LogP contribution in [0.15, 0.2) is 42.5 Å². The molecule has 30 heavy (non-hydrogen) atoms. The van der Waals surface area contributed by atoms with Crippen LogP contribution in [-0.2, 0) is 16.1 Å². The van der Waals surface area contributed by atoms with Gasteiger partial charge in [0.15, 0.2) is 18.1 Å². The highest BCUT2D eigenvalue weighted by atomic mass is 16.5. The maximum Gasteiger partial charge on any atom is 0.255 e. The van der Waals surface area contributed by atoms with E-state index in [1.165, 1.54) is 11.3 Å². The molecule has 2 aromatic carbocycles. The van der Waals surface area contributed by atoms with Crippen molar-refractivity contribution in [2.45, 2.75) is 12.5 Å². The molecule has 2 heterocycles. The van der Waals surface area contributed by atoms with Crippen LogP contribution in [-0.4, -0.2) is 63.9 Å². The molecule has 1 amide bonds. The molecule has 2 aliphatic heterocycles. The van der Waals surface area contributed by atoms with E-state index in [2.05, 4.69) is 34.1 Å². The molecule has 7 heteroatoms. The van der Waals surface area contributed by atoms with E-state index >= 15 is 0 Å². The summed E-state index contributed by atoms with van der Waals surface area (Å²) in [5, 5.41) is 0. The van der Waals surface area contributed by atoms with Gasteiger partial charge in [0.2, 0.25) is 0 Å². The van der Waals surface area contributed by atoms with Gasteiger partial charge in [0.05, 0.1) is 20.3 Å². The van der Waals surface area contributed by atoms with Gasteiger partial charge < -0.3 is 24.8 Å². The molecule has 1 saturated heterocycles. The van der Waals surface area contributed by atoms with E-state index in [1.54, 1.807) is 7.11 Å². The largest absolute Gasteiger partial charge is 0.493 e. The molecule has 2 aliphatic rings. The number of fused-ring (bicyclic) bond motifs is 1. The van der Waals surface area contributed by atoms with Crippen molar-refractivity contribution >= 4 is 11.6 Å². The van der Waals surface area contributed by atoms with E-state index in [-0.39, 0.29) is 6.61 Å². The number of hydrogen-bond acceptors (Lipinski definition) is 6. The molecule has 0 aliphatic carbocycles. The highest BCUT2D eigenvalue weighted by Gasteiger charge is 2.30. The zero-order valence-electron chi connectivity index (χ0n) is 17.4. The first-order valence-electron chi connectivity index (χ1n) is 10.4. The number of rotatable bonds is 8. The number of ether oxygens (including phenoxy) is 3. The molecule has 0 bridgehead atoms. The van der Waals surface area contributed by atoms with Gasteiger partial charge in [0, 0.05) is 44.3 Å². The molecule has 0 radical (unpaired) electrons. The Hall–Kier alpha value is -2.77. The van der Waals surface area contributed by atoms with Crippen LogP contribution in [0.25, 0.3) is 0 Å². The summed E-state index contributed by atoms with van der Waals surface area (Å²) in [6, 6.07) is 14.5. The van der Waals surface area contributed by atoms with Crippen LogP contribution in [0.3, 0.4) is 0 Å². The Kier molecular flexibility index (Phi) is 6.40. The predicted molar refractivity (Wildman–Crippen MR) is 115 cm³/mol. The summed E-state index contributed by atoms with van der Waals surface area (Å²) >= 11 is 0. The van der Waals surface area contributed by atoms with E-state index in [0.29, 0.717) is 17.4 Å². The number of carbonyl (C=O) groups excluding carboxylic acids is 1. The van der Waals surface area contributed by atoms with Crippen LogP contribution < -0.4 is 20.1 Å². The Labute approximate surface area is 177 Å². The maximum absolute atomic E-state index is 11.0. The fourth-order valence-electron chi connectivity index (χ4n) is 4.28. The Morgan fingerprint density at radius 2 is 1.97 bits per heavy atom. The highest BCUT2D eigenvalue weighted by Crippen LogP contribution is 2.38. The zero-order chi connectivity index (χ0) is 20.9. The quantitative estimate of drug-likeness (QED) is 0.716. The van der Waals surface area contributed by atoms with Gasteiger partial charge in [-0.25, -0.2) is 0 Å². The van der Waals surface area contributed by atoms with Crippen LogP contribution >= 0.6 is 0 Å². The molecule has 0 saturated carbocycles. The SMILES string of the molecule is COc1cc(CN2CC(CN3CCOCC3)c3ccccc32)ccc1OCC(N)=O. The van der Waals surface area contributed by atoms with Crippen LogP contribution in [0.4, 0.5) is 5.69 Å². The smallest absolute Gasteiger partial charge is 0.255 e. The van der Waals surface area contributed by atoms with Gasteiger partial charge in [-0.05, 0) is 29.3 Å². The highest BCUT2D eigenvalue weighted by molar-refractivity contribution is 5.75. The fraction of sp³-hybridized carbons (Fsp3) is 0.435. The standard InChI is InChI=1S/C23H29N3O4/c1-28-22-12-17(6-7-21(22)30-16-23(24)27)13-26-15-18(14-25-8-10-29-11-9-25)19-4-2-3-5-20(19)26/h2-7,12,18H,8-11,13-16H2,1H3,(H2,24,27). The number of morpholine rings is 1. The Morgan fingerprint density at radius 3 is 2.73 bits per heavy atom. The van der Waals surface area contributed by atoms with Crippen molar-refractivity contribution in [2.24, 2.45) is 5.73 Å². The number of nitrogens with zero attached hydrogens (tertiary/aromatic N) is 2. The summed E-state index contributed by atoms with van der Waals surface area (Å²) in [5.74, 6) is 1.10. The summed E-state index contributed by atoms with van der Waals surface area (Å²) in [4.78, 5) is 15.9. The molecule has 4 rings (SSSR count). The van der Waals surface area contributed by atoms with Gasteiger partial charge in [-0.3, -0.25) is 9.69 Å². The van der Waals surface area contributed by atoms with E-state index in [9.17, 15) is 4.79 Å². The summed E-state index contributed by atoms with van der Waals surface area (Å²) in [6.07, 6.45) is 0. The van der Waals surface area contributed by atoms with E-state index in [4.69, 9.17) is 19.9 Å². The number of benzene rings is 2. The number of hydrogen-bond donors (Lipinski definition) is 1. The molecule has 160 valence electrons. The minimum absolute atomic E-state index is 0.168. The van der Waals surface area contributed by atoms with E-state index in [0.717, 1.165) is 51.5 Å². The van der Waals surface area contributed by atoms with Crippen molar-refractivity contribution in [2.75, 3.05) is 58.0 Å². The molecule has 1 atom stereocenters. The number of primary amides is 1. The van der Waals surface area contributed by atoms with Crippen molar-refractivity contribution in [1.82, 2.24) is 4.90 Å². The topological polar surface area (TPSA) is 77.3 Å². The molecule has 2 N–H and O–H groups in total. The van der Waals surface area contributed by atoms with Crippen molar-refractivity contribution in [3.63, 3.8) is 0 Å². The fourth-order valence-corrected chi connectivity index (χ4v) is 4.28. The second kappa shape index (κ2) is 9.36. The van der Waals surface area contributed by atoms with Gasteiger partial charge in [-0.1, -0.05) is 24.3 Å². The first-order chi connectivity index (χ1) is 14.6. The van der Waals surface area contributed by atoms with Gasteiger partial charge >= 0.3 is 0 Å². The lowest BCUT2D eigenvalue weighted by Crippen LogP contribution is -2.39. The summed E-state index contributed by atoms with van der Waals surface area (Å²) in [5.41, 5.74) is 9.01. The average molecular weight is 412 g/mol. The lowest BCUT2D eigenvalue weighted by atomic mass is 10.0. The number of methoxy groups -OCH3 is 1. The second-order valence-electron chi connectivity index (χ2n) is 7.79. The first kappa shape index (κ1) is 20.5. The lowest BCUT2D eigenvalue weighted by Gasteiger charge is -2.29. The number of amides is 1.